The van der Waals surface area contributed by atoms with Gasteiger partial charge in [-0.2, -0.15) is 0 Å². The molecule has 4 nitrogen and oxygen atoms in total. The van der Waals surface area contributed by atoms with Crippen molar-refractivity contribution in [3.05, 3.63) is 40.3 Å². The van der Waals surface area contributed by atoms with Crippen LogP contribution in [0.1, 0.15) is 33.1 Å². The van der Waals surface area contributed by atoms with Gasteiger partial charge in [0.2, 0.25) is 5.91 Å². The first-order valence-corrected chi connectivity index (χ1v) is 7.71. The second kappa shape index (κ2) is 6.71. The van der Waals surface area contributed by atoms with Gasteiger partial charge in [-0.25, -0.2) is 4.98 Å². The molecule has 0 saturated carbocycles. The van der Waals surface area contributed by atoms with E-state index in [2.05, 4.69) is 10.3 Å². The zero-order valence-corrected chi connectivity index (χ0v) is 14.3. The molecular formula is C16H18Cl2N2O2. The third-order valence-electron chi connectivity index (χ3n) is 2.83. The van der Waals surface area contributed by atoms with Crippen molar-refractivity contribution in [3.8, 4) is 11.3 Å². The fraction of sp³-hybridized carbons (Fsp3) is 0.375. The molecule has 0 unspecified atom stereocenters. The highest BCUT2D eigenvalue weighted by Gasteiger charge is 2.15. The first-order valence-electron chi connectivity index (χ1n) is 6.96. The van der Waals surface area contributed by atoms with Gasteiger partial charge in [0.25, 0.3) is 0 Å². The average Bonchev–Trinajstić information content (AvgIpc) is 2.83. The molecule has 0 radical (unpaired) electrons. The molecule has 0 aliphatic rings. The van der Waals surface area contributed by atoms with Crippen LogP contribution in [-0.4, -0.2) is 16.4 Å². The van der Waals surface area contributed by atoms with Crippen LogP contribution in [0.4, 0.5) is 0 Å². The van der Waals surface area contributed by atoms with Crippen molar-refractivity contribution in [2.45, 2.75) is 39.2 Å². The van der Waals surface area contributed by atoms with Gasteiger partial charge < -0.3 is 9.73 Å². The Bertz CT molecular complexity index is 675. The van der Waals surface area contributed by atoms with E-state index in [1.807, 2.05) is 20.8 Å². The predicted molar refractivity (Wildman–Crippen MR) is 88.2 cm³/mol. The number of benzene rings is 1. The van der Waals surface area contributed by atoms with E-state index in [4.69, 9.17) is 27.6 Å². The molecule has 1 aromatic heterocycles. The first-order chi connectivity index (χ1) is 10.2. The van der Waals surface area contributed by atoms with Crippen molar-refractivity contribution in [1.29, 1.82) is 0 Å². The molecule has 0 saturated heterocycles. The molecule has 2 aromatic rings. The quantitative estimate of drug-likeness (QED) is 0.891. The summed E-state index contributed by atoms with van der Waals surface area (Å²) in [7, 11) is 0. The average molecular weight is 341 g/mol. The maximum absolute atomic E-state index is 11.8. The summed E-state index contributed by atoms with van der Waals surface area (Å²) in [5.41, 5.74) is 0.485. The SMILES string of the molecule is CC(C)(C)NC(=O)CCc1ncc(-c2ccc(Cl)cc2Cl)o1. The number of rotatable bonds is 4. The molecule has 0 aliphatic heterocycles. The Morgan fingerprint density at radius 1 is 1.32 bits per heavy atom. The maximum atomic E-state index is 11.8. The molecule has 1 aromatic carbocycles. The number of hydrogen-bond donors (Lipinski definition) is 1. The Morgan fingerprint density at radius 2 is 2.05 bits per heavy atom. The molecular weight excluding hydrogens is 323 g/mol. The van der Waals surface area contributed by atoms with Crippen molar-refractivity contribution in [2.75, 3.05) is 0 Å². The van der Waals surface area contributed by atoms with Crippen LogP contribution in [0.15, 0.2) is 28.8 Å². The van der Waals surface area contributed by atoms with E-state index in [-0.39, 0.29) is 11.4 Å². The molecule has 1 amide bonds. The van der Waals surface area contributed by atoms with Crippen molar-refractivity contribution >= 4 is 29.1 Å². The Morgan fingerprint density at radius 3 is 2.68 bits per heavy atom. The number of aromatic nitrogens is 1. The molecule has 0 atom stereocenters. The van der Waals surface area contributed by atoms with Gasteiger partial charge in [-0.1, -0.05) is 23.2 Å². The second-order valence-electron chi connectivity index (χ2n) is 6.04. The van der Waals surface area contributed by atoms with Crippen LogP contribution in [0, 0.1) is 0 Å². The molecule has 0 bridgehead atoms. The van der Waals surface area contributed by atoms with Crippen LogP contribution in [0.25, 0.3) is 11.3 Å². The maximum Gasteiger partial charge on any atom is 0.220 e. The smallest absolute Gasteiger partial charge is 0.220 e. The van der Waals surface area contributed by atoms with Crippen LogP contribution in [0.2, 0.25) is 10.0 Å². The number of hydrogen-bond acceptors (Lipinski definition) is 3. The minimum atomic E-state index is -0.240. The van der Waals surface area contributed by atoms with E-state index in [0.29, 0.717) is 34.5 Å². The highest BCUT2D eigenvalue weighted by atomic mass is 35.5. The van der Waals surface area contributed by atoms with Crippen molar-refractivity contribution in [1.82, 2.24) is 10.3 Å². The minimum Gasteiger partial charge on any atom is -0.441 e. The van der Waals surface area contributed by atoms with E-state index in [1.165, 1.54) is 0 Å². The summed E-state index contributed by atoms with van der Waals surface area (Å²) in [6.07, 6.45) is 2.37. The molecule has 2 rings (SSSR count). The highest BCUT2D eigenvalue weighted by Crippen LogP contribution is 2.30. The number of nitrogens with one attached hydrogen (secondary N) is 1. The van der Waals surface area contributed by atoms with E-state index in [0.717, 1.165) is 5.56 Å². The number of carbonyl (C=O) groups is 1. The normalized spacial score (nSPS) is 11.5. The summed E-state index contributed by atoms with van der Waals surface area (Å²) in [5, 5.41) is 3.96. The van der Waals surface area contributed by atoms with Gasteiger partial charge in [0.15, 0.2) is 11.7 Å². The number of nitrogens with zero attached hydrogens (tertiary/aromatic N) is 1. The summed E-state index contributed by atoms with van der Waals surface area (Å²) in [5.74, 6) is 1.04. The summed E-state index contributed by atoms with van der Waals surface area (Å²) in [4.78, 5) is 16.0. The topological polar surface area (TPSA) is 55.1 Å². The molecule has 1 heterocycles. The number of carbonyl (C=O) groups excluding carboxylic acids is 1. The van der Waals surface area contributed by atoms with Crippen LogP contribution >= 0.6 is 23.2 Å². The Kier molecular flexibility index (Phi) is 5.14. The van der Waals surface area contributed by atoms with Gasteiger partial charge in [0.1, 0.15) is 0 Å². The van der Waals surface area contributed by atoms with Gasteiger partial charge in [0, 0.05) is 29.0 Å². The summed E-state index contributed by atoms with van der Waals surface area (Å²) >= 11 is 12.0. The third-order valence-corrected chi connectivity index (χ3v) is 3.38. The van der Waals surface area contributed by atoms with E-state index < -0.39 is 0 Å². The van der Waals surface area contributed by atoms with Crippen molar-refractivity contribution in [2.24, 2.45) is 0 Å². The molecule has 0 spiro atoms. The van der Waals surface area contributed by atoms with Crippen molar-refractivity contribution in [3.63, 3.8) is 0 Å². The number of halogens is 2. The predicted octanol–water partition coefficient (Wildman–Crippen LogP) is 4.50. The highest BCUT2D eigenvalue weighted by molar-refractivity contribution is 6.36. The zero-order valence-electron chi connectivity index (χ0n) is 12.7. The van der Waals surface area contributed by atoms with Gasteiger partial charge in [-0.05, 0) is 39.0 Å². The Balaban J connectivity index is 2.01. The van der Waals surface area contributed by atoms with Crippen LogP contribution < -0.4 is 5.32 Å². The van der Waals surface area contributed by atoms with Crippen LogP contribution in [0.5, 0.6) is 0 Å². The summed E-state index contributed by atoms with van der Waals surface area (Å²) in [6, 6.07) is 5.17. The lowest BCUT2D eigenvalue weighted by atomic mass is 10.1. The van der Waals surface area contributed by atoms with Gasteiger partial charge in [-0.3, -0.25) is 4.79 Å². The van der Waals surface area contributed by atoms with Crippen LogP contribution in [0.3, 0.4) is 0 Å². The lowest BCUT2D eigenvalue weighted by molar-refractivity contribution is -0.122. The fourth-order valence-electron chi connectivity index (χ4n) is 1.94. The van der Waals surface area contributed by atoms with Gasteiger partial charge in [-0.15, -0.1) is 0 Å². The fourth-order valence-corrected chi connectivity index (χ4v) is 2.44. The Labute approximate surface area is 139 Å². The molecule has 0 fully saturated rings. The lowest BCUT2D eigenvalue weighted by Gasteiger charge is -2.20. The molecule has 22 heavy (non-hydrogen) atoms. The molecule has 6 heteroatoms. The molecule has 0 aliphatic carbocycles. The second-order valence-corrected chi connectivity index (χ2v) is 6.88. The molecule has 118 valence electrons. The number of aryl methyl sites for hydroxylation is 1. The molecule has 1 N–H and O–H groups in total. The van der Waals surface area contributed by atoms with E-state index in [9.17, 15) is 4.79 Å². The van der Waals surface area contributed by atoms with E-state index >= 15 is 0 Å². The monoisotopic (exact) mass is 340 g/mol. The lowest BCUT2D eigenvalue weighted by Crippen LogP contribution is -2.40. The largest absolute Gasteiger partial charge is 0.441 e. The number of amides is 1. The van der Waals surface area contributed by atoms with Gasteiger partial charge in [0.05, 0.1) is 11.2 Å². The Hall–Kier alpha value is -1.52. The van der Waals surface area contributed by atoms with Crippen LogP contribution in [-0.2, 0) is 11.2 Å². The standard InChI is InChI=1S/C16H18Cl2N2O2/c1-16(2,3)20-14(21)6-7-15-19-9-13(22-15)11-5-4-10(17)8-12(11)18/h4-5,8-9H,6-7H2,1-3H3,(H,20,21). The zero-order chi connectivity index (χ0) is 16.3. The summed E-state index contributed by atoms with van der Waals surface area (Å²) in [6.45, 7) is 5.82. The van der Waals surface area contributed by atoms with E-state index in [1.54, 1.807) is 24.4 Å². The summed E-state index contributed by atoms with van der Waals surface area (Å²) < 4.78 is 5.65. The minimum absolute atomic E-state index is 0.0308. The number of oxazole rings is 1. The van der Waals surface area contributed by atoms with Gasteiger partial charge >= 0.3 is 0 Å². The first kappa shape index (κ1) is 16.8. The third kappa shape index (κ3) is 4.75. The van der Waals surface area contributed by atoms with Crippen molar-refractivity contribution < 1.29 is 9.21 Å².